The zero-order chi connectivity index (χ0) is 22.6. The quantitative estimate of drug-likeness (QED) is 0.495. The standard InChI is InChI=1S/C20H24N6O3S2/c1-14(18(27)22-16-9-11-17(12-10-16)31(28,29)25(2)3)26-19(21)23-24-20(26)30-13-15-7-5-4-6-8-15/h4-12,14H,13H2,1-3H3,(H2,21,23)(H,22,27). The van der Waals surface area contributed by atoms with Gasteiger partial charge in [-0.15, -0.1) is 10.2 Å². The summed E-state index contributed by atoms with van der Waals surface area (Å²) in [5, 5.41) is 11.3. The molecule has 1 unspecified atom stereocenters. The number of amides is 1. The summed E-state index contributed by atoms with van der Waals surface area (Å²) in [6, 6.07) is 15.2. The number of nitrogen functional groups attached to an aromatic ring is 1. The third-order valence-corrected chi connectivity index (χ3v) is 7.41. The van der Waals surface area contributed by atoms with Crippen LogP contribution < -0.4 is 11.1 Å². The summed E-state index contributed by atoms with van der Waals surface area (Å²) < 4.78 is 27.1. The van der Waals surface area contributed by atoms with E-state index in [0.29, 0.717) is 16.6 Å². The number of nitrogens with two attached hydrogens (primary N) is 1. The van der Waals surface area contributed by atoms with E-state index in [-0.39, 0.29) is 16.8 Å². The predicted octanol–water partition coefficient (Wildman–Crippen LogP) is 2.60. The smallest absolute Gasteiger partial charge is 0.247 e. The van der Waals surface area contributed by atoms with Crippen molar-refractivity contribution in [3.8, 4) is 0 Å². The molecule has 0 saturated heterocycles. The Hall–Kier alpha value is -2.89. The Kier molecular flexibility index (Phi) is 6.98. The highest BCUT2D eigenvalue weighted by Gasteiger charge is 2.23. The Balaban J connectivity index is 1.71. The molecule has 0 spiro atoms. The highest BCUT2D eigenvalue weighted by atomic mass is 32.2. The minimum absolute atomic E-state index is 0.144. The van der Waals surface area contributed by atoms with Gasteiger partial charge < -0.3 is 11.1 Å². The summed E-state index contributed by atoms with van der Waals surface area (Å²) in [6.45, 7) is 1.70. The largest absolute Gasteiger partial charge is 0.368 e. The van der Waals surface area contributed by atoms with Gasteiger partial charge in [-0.2, -0.15) is 0 Å². The summed E-state index contributed by atoms with van der Waals surface area (Å²) in [5.74, 6) is 0.483. The van der Waals surface area contributed by atoms with Crippen LogP contribution in [0.3, 0.4) is 0 Å². The zero-order valence-electron chi connectivity index (χ0n) is 17.4. The van der Waals surface area contributed by atoms with E-state index >= 15 is 0 Å². The van der Waals surface area contributed by atoms with Crippen molar-refractivity contribution in [2.45, 2.75) is 28.8 Å². The van der Waals surface area contributed by atoms with E-state index in [1.165, 1.54) is 38.0 Å². The van der Waals surface area contributed by atoms with Gasteiger partial charge in [0.05, 0.1) is 4.90 Å². The molecule has 0 radical (unpaired) electrons. The summed E-state index contributed by atoms with van der Waals surface area (Å²) in [5.41, 5.74) is 7.55. The van der Waals surface area contributed by atoms with Crippen molar-refractivity contribution in [2.75, 3.05) is 25.1 Å². The number of aromatic nitrogens is 3. The van der Waals surface area contributed by atoms with Crippen LogP contribution in [0.5, 0.6) is 0 Å². The number of carbonyl (C=O) groups excluding carboxylic acids is 1. The topological polar surface area (TPSA) is 123 Å². The van der Waals surface area contributed by atoms with Gasteiger partial charge in [0, 0.05) is 25.5 Å². The van der Waals surface area contributed by atoms with Crippen molar-refractivity contribution in [1.29, 1.82) is 0 Å². The number of nitrogens with one attached hydrogen (secondary N) is 1. The monoisotopic (exact) mass is 460 g/mol. The molecule has 1 atom stereocenters. The number of thioether (sulfide) groups is 1. The first-order valence-electron chi connectivity index (χ1n) is 9.40. The van der Waals surface area contributed by atoms with E-state index in [4.69, 9.17) is 5.73 Å². The fourth-order valence-corrected chi connectivity index (χ4v) is 4.64. The number of sulfonamides is 1. The van der Waals surface area contributed by atoms with Crippen molar-refractivity contribution in [3.05, 3.63) is 60.2 Å². The van der Waals surface area contributed by atoms with Crippen LogP contribution in [-0.2, 0) is 20.6 Å². The molecule has 164 valence electrons. The second kappa shape index (κ2) is 9.50. The van der Waals surface area contributed by atoms with Gasteiger partial charge in [0.25, 0.3) is 0 Å². The number of anilines is 2. The number of hydrogen-bond donors (Lipinski definition) is 2. The van der Waals surface area contributed by atoms with Crippen LogP contribution in [0.2, 0.25) is 0 Å². The lowest BCUT2D eigenvalue weighted by atomic mass is 10.2. The fraction of sp³-hybridized carbons (Fsp3) is 0.250. The van der Waals surface area contributed by atoms with Crippen molar-refractivity contribution >= 4 is 39.3 Å². The maximum atomic E-state index is 12.8. The van der Waals surface area contributed by atoms with Gasteiger partial charge in [-0.25, -0.2) is 12.7 Å². The lowest BCUT2D eigenvalue weighted by Crippen LogP contribution is -2.25. The summed E-state index contributed by atoms with van der Waals surface area (Å²) >= 11 is 1.44. The van der Waals surface area contributed by atoms with E-state index in [0.717, 1.165) is 9.87 Å². The van der Waals surface area contributed by atoms with Crippen molar-refractivity contribution in [3.63, 3.8) is 0 Å². The molecule has 1 heterocycles. The van der Waals surface area contributed by atoms with Crippen LogP contribution in [0.15, 0.2) is 64.6 Å². The van der Waals surface area contributed by atoms with Gasteiger partial charge in [0.1, 0.15) is 6.04 Å². The first kappa shape index (κ1) is 22.8. The van der Waals surface area contributed by atoms with Crippen molar-refractivity contribution in [2.24, 2.45) is 0 Å². The second-order valence-electron chi connectivity index (χ2n) is 6.96. The SMILES string of the molecule is CC(C(=O)Nc1ccc(S(=O)(=O)N(C)C)cc1)n1c(N)nnc1SCc1ccccc1. The molecule has 31 heavy (non-hydrogen) atoms. The van der Waals surface area contributed by atoms with Gasteiger partial charge in [-0.05, 0) is 36.8 Å². The molecular formula is C20H24N6O3S2. The molecule has 11 heteroatoms. The average molecular weight is 461 g/mol. The third-order valence-electron chi connectivity index (χ3n) is 4.57. The lowest BCUT2D eigenvalue weighted by Gasteiger charge is -2.17. The first-order chi connectivity index (χ1) is 14.7. The minimum atomic E-state index is -3.53. The molecule has 3 N–H and O–H groups in total. The van der Waals surface area contributed by atoms with E-state index in [1.807, 2.05) is 30.3 Å². The van der Waals surface area contributed by atoms with Crippen molar-refractivity contribution < 1.29 is 13.2 Å². The predicted molar refractivity (Wildman–Crippen MR) is 121 cm³/mol. The molecule has 0 aliphatic carbocycles. The summed E-state index contributed by atoms with van der Waals surface area (Å²) in [6.07, 6.45) is 0. The lowest BCUT2D eigenvalue weighted by molar-refractivity contribution is -0.118. The Morgan fingerprint density at radius 2 is 1.77 bits per heavy atom. The normalized spacial score (nSPS) is 12.6. The second-order valence-corrected chi connectivity index (χ2v) is 10.1. The Labute approximate surface area is 185 Å². The molecule has 0 fully saturated rings. The summed E-state index contributed by atoms with van der Waals surface area (Å²) in [7, 11) is -0.610. The molecule has 9 nitrogen and oxygen atoms in total. The molecule has 0 bridgehead atoms. The van der Waals surface area contributed by atoms with E-state index in [9.17, 15) is 13.2 Å². The molecule has 0 saturated carbocycles. The maximum Gasteiger partial charge on any atom is 0.247 e. The molecule has 1 amide bonds. The van der Waals surface area contributed by atoms with Gasteiger partial charge >= 0.3 is 0 Å². The first-order valence-corrected chi connectivity index (χ1v) is 11.8. The maximum absolute atomic E-state index is 12.8. The van der Waals surface area contributed by atoms with Gasteiger partial charge in [0.15, 0.2) is 5.16 Å². The molecule has 0 aliphatic rings. The number of hydrogen-bond acceptors (Lipinski definition) is 7. The minimum Gasteiger partial charge on any atom is -0.368 e. The molecule has 1 aromatic heterocycles. The van der Waals surface area contributed by atoms with E-state index in [1.54, 1.807) is 23.6 Å². The molecule has 0 aliphatic heterocycles. The Morgan fingerprint density at radius 1 is 1.13 bits per heavy atom. The number of carbonyl (C=O) groups is 1. The number of rotatable bonds is 8. The number of benzene rings is 2. The van der Waals surface area contributed by atoms with E-state index in [2.05, 4.69) is 15.5 Å². The van der Waals surface area contributed by atoms with Crippen LogP contribution in [0, 0.1) is 0 Å². The molecule has 3 aromatic rings. The highest BCUT2D eigenvalue weighted by molar-refractivity contribution is 7.98. The van der Waals surface area contributed by atoms with Crippen molar-refractivity contribution in [1.82, 2.24) is 19.1 Å². The van der Waals surface area contributed by atoms with E-state index < -0.39 is 16.1 Å². The fourth-order valence-electron chi connectivity index (χ4n) is 2.76. The van der Waals surface area contributed by atoms with Gasteiger partial charge in [0.2, 0.25) is 21.9 Å². The van der Waals surface area contributed by atoms with Crippen LogP contribution >= 0.6 is 11.8 Å². The number of nitrogens with zero attached hydrogens (tertiary/aromatic N) is 4. The average Bonchev–Trinajstić information content (AvgIpc) is 3.13. The third kappa shape index (κ3) is 5.24. The highest BCUT2D eigenvalue weighted by Crippen LogP contribution is 2.27. The Bertz CT molecular complexity index is 1150. The van der Waals surface area contributed by atoms with Crippen LogP contribution in [0.1, 0.15) is 18.5 Å². The zero-order valence-corrected chi connectivity index (χ0v) is 19.0. The summed E-state index contributed by atoms with van der Waals surface area (Å²) in [4.78, 5) is 12.9. The molecule has 3 rings (SSSR count). The van der Waals surface area contributed by atoms with Crippen LogP contribution in [-0.4, -0.2) is 47.5 Å². The Morgan fingerprint density at radius 3 is 2.39 bits per heavy atom. The van der Waals surface area contributed by atoms with Gasteiger partial charge in [-0.3, -0.25) is 9.36 Å². The molecular weight excluding hydrogens is 436 g/mol. The molecule has 2 aromatic carbocycles. The van der Waals surface area contributed by atoms with Gasteiger partial charge in [-0.1, -0.05) is 42.1 Å². The van der Waals surface area contributed by atoms with Crippen LogP contribution in [0.4, 0.5) is 11.6 Å². The van der Waals surface area contributed by atoms with Crippen LogP contribution in [0.25, 0.3) is 0 Å².